The molecule has 0 saturated heterocycles. The Hall–Kier alpha value is 0.1000. The van der Waals surface area contributed by atoms with Gasteiger partial charge < -0.3 is 9.47 Å². The molecule has 1 rings (SSSR count). The first-order valence-corrected chi connectivity index (χ1v) is 6.25. The van der Waals surface area contributed by atoms with Crippen molar-refractivity contribution in [2.75, 3.05) is 20.5 Å². The maximum Gasteiger partial charge on any atom is 0.146 e. The van der Waals surface area contributed by atoms with Crippen molar-refractivity contribution in [3.63, 3.8) is 0 Å². The summed E-state index contributed by atoms with van der Waals surface area (Å²) in [5.41, 5.74) is 2.46. The molecule has 0 aliphatic rings. The monoisotopic (exact) mass is 336 g/mol. The SMILES string of the molecule is COCOCCc1cc(Br)c(C)cc1Br. The predicted molar refractivity (Wildman–Crippen MR) is 68.1 cm³/mol. The largest absolute Gasteiger partial charge is 0.359 e. The molecule has 0 amide bonds. The van der Waals surface area contributed by atoms with E-state index in [0.717, 1.165) is 15.4 Å². The van der Waals surface area contributed by atoms with Crippen molar-refractivity contribution in [2.45, 2.75) is 13.3 Å². The van der Waals surface area contributed by atoms with Gasteiger partial charge in [0.1, 0.15) is 6.79 Å². The third-order valence-corrected chi connectivity index (χ3v) is 3.64. The molecule has 0 heterocycles. The summed E-state index contributed by atoms with van der Waals surface area (Å²) < 4.78 is 12.3. The molecule has 0 unspecified atom stereocenters. The van der Waals surface area contributed by atoms with Crippen molar-refractivity contribution in [3.05, 3.63) is 32.2 Å². The third kappa shape index (κ3) is 4.23. The molecule has 0 aliphatic carbocycles. The molecule has 0 radical (unpaired) electrons. The number of hydrogen-bond donors (Lipinski definition) is 0. The second kappa shape index (κ2) is 6.63. The Morgan fingerprint density at radius 1 is 1.20 bits per heavy atom. The fourth-order valence-electron chi connectivity index (χ4n) is 1.20. The van der Waals surface area contributed by atoms with Gasteiger partial charge in [0.25, 0.3) is 0 Å². The standard InChI is InChI=1S/C11H14Br2O2/c1-8-5-11(13)9(6-10(8)12)3-4-15-7-14-2/h5-6H,3-4,7H2,1-2H3. The average molecular weight is 338 g/mol. The zero-order valence-corrected chi connectivity index (χ0v) is 12.0. The summed E-state index contributed by atoms with van der Waals surface area (Å²) in [6, 6.07) is 4.23. The van der Waals surface area contributed by atoms with Crippen molar-refractivity contribution in [1.29, 1.82) is 0 Å². The normalized spacial score (nSPS) is 10.7. The van der Waals surface area contributed by atoms with Crippen LogP contribution in [0.2, 0.25) is 0 Å². The Bertz CT molecular complexity index is 327. The summed E-state index contributed by atoms with van der Waals surface area (Å²) in [5.74, 6) is 0. The molecule has 1 aromatic rings. The maximum absolute atomic E-state index is 5.25. The summed E-state index contributed by atoms with van der Waals surface area (Å²) in [7, 11) is 1.62. The van der Waals surface area contributed by atoms with E-state index in [1.807, 2.05) is 0 Å². The van der Waals surface area contributed by atoms with E-state index < -0.39 is 0 Å². The van der Waals surface area contributed by atoms with E-state index in [-0.39, 0.29) is 0 Å². The van der Waals surface area contributed by atoms with Crippen LogP contribution in [-0.2, 0) is 15.9 Å². The molecule has 1 aromatic carbocycles. The van der Waals surface area contributed by atoms with Crippen LogP contribution in [0.3, 0.4) is 0 Å². The molecule has 2 nitrogen and oxygen atoms in total. The average Bonchev–Trinajstić information content (AvgIpc) is 2.20. The van der Waals surface area contributed by atoms with Gasteiger partial charge in [-0.1, -0.05) is 31.9 Å². The topological polar surface area (TPSA) is 18.5 Å². The number of rotatable bonds is 5. The number of hydrogen-bond acceptors (Lipinski definition) is 2. The lowest BCUT2D eigenvalue weighted by Gasteiger charge is -2.08. The number of ether oxygens (including phenoxy) is 2. The molecular formula is C11H14Br2O2. The summed E-state index contributed by atoms with van der Waals surface area (Å²) >= 11 is 7.06. The van der Waals surface area contributed by atoms with Crippen molar-refractivity contribution in [3.8, 4) is 0 Å². The van der Waals surface area contributed by atoms with Crippen molar-refractivity contribution in [2.24, 2.45) is 0 Å². The van der Waals surface area contributed by atoms with Gasteiger partial charge in [-0.05, 0) is 36.6 Å². The van der Waals surface area contributed by atoms with Gasteiger partial charge in [-0.3, -0.25) is 0 Å². The molecule has 0 bridgehead atoms. The highest BCUT2D eigenvalue weighted by atomic mass is 79.9. The Labute approximate surface area is 107 Å². The predicted octanol–water partition coefficient (Wildman–Crippen LogP) is 3.68. The van der Waals surface area contributed by atoms with Gasteiger partial charge in [-0.15, -0.1) is 0 Å². The van der Waals surface area contributed by atoms with Crippen LogP contribution in [0.25, 0.3) is 0 Å². The van der Waals surface area contributed by atoms with Crippen LogP contribution in [0, 0.1) is 6.92 Å². The molecule has 0 atom stereocenters. The van der Waals surface area contributed by atoms with Crippen LogP contribution < -0.4 is 0 Å². The van der Waals surface area contributed by atoms with Gasteiger partial charge in [0.15, 0.2) is 0 Å². The van der Waals surface area contributed by atoms with E-state index in [9.17, 15) is 0 Å². The van der Waals surface area contributed by atoms with Crippen LogP contribution in [0.5, 0.6) is 0 Å². The highest BCUT2D eigenvalue weighted by Crippen LogP contribution is 2.25. The van der Waals surface area contributed by atoms with Gasteiger partial charge in [-0.25, -0.2) is 0 Å². The Balaban J connectivity index is 2.57. The van der Waals surface area contributed by atoms with Crippen molar-refractivity contribution < 1.29 is 9.47 Å². The molecule has 4 heteroatoms. The van der Waals surface area contributed by atoms with Crippen LogP contribution >= 0.6 is 31.9 Å². The second-order valence-corrected chi connectivity index (χ2v) is 4.97. The summed E-state index contributed by atoms with van der Waals surface area (Å²) in [4.78, 5) is 0. The number of benzene rings is 1. The highest BCUT2D eigenvalue weighted by molar-refractivity contribution is 9.11. The summed E-state index contributed by atoms with van der Waals surface area (Å²) in [6.45, 7) is 3.09. The van der Waals surface area contributed by atoms with E-state index in [1.54, 1.807) is 7.11 Å². The summed E-state index contributed by atoms with van der Waals surface area (Å²) in [5, 5.41) is 0. The Kier molecular flexibility index (Phi) is 5.82. The first kappa shape index (κ1) is 13.2. The Morgan fingerprint density at radius 3 is 2.60 bits per heavy atom. The molecule has 0 saturated carbocycles. The smallest absolute Gasteiger partial charge is 0.146 e. The van der Waals surface area contributed by atoms with E-state index in [1.165, 1.54) is 11.1 Å². The second-order valence-electron chi connectivity index (χ2n) is 3.26. The van der Waals surface area contributed by atoms with Crippen LogP contribution in [0.15, 0.2) is 21.1 Å². The van der Waals surface area contributed by atoms with Crippen LogP contribution in [0.1, 0.15) is 11.1 Å². The van der Waals surface area contributed by atoms with Gasteiger partial charge in [-0.2, -0.15) is 0 Å². The lowest BCUT2D eigenvalue weighted by molar-refractivity contribution is -0.0291. The van der Waals surface area contributed by atoms with Gasteiger partial charge in [0, 0.05) is 16.1 Å². The highest BCUT2D eigenvalue weighted by Gasteiger charge is 2.03. The maximum atomic E-state index is 5.25. The summed E-state index contributed by atoms with van der Waals surface area (Å²) in [6.07, 6.45) is 0.878. The molecule has 0 fully saturated rings. The molecule has 0 aromatic heterocycles. The van der Waals surface area contributed by atoms with E-state index in [2.05, 4.69) is 50.9 Å². The zero-order chi connectivity index (χ0) is 11.3. The quantitative estimate of drug-likeness (QED) is 0.602. The lowest BCUT2D eigenvalue weighted by Crippen LogP contribution is -2.02. The van der Waals surface area contributed by atoms with E-state index in [4.69, 9.17) is 9.47 Å². The van der Waals surface area contributed by atoms with Gasteiger partial charge in [0.05, 0.1) is 6.61 Å². The molecule has 84 valence electrons. The van der Waals surface area contributed by atoms with Gasteiger partial charge >= 0.3 is 0 Å². The Morgan fingerprint density at radius 2 is 1.93 bits per heavy atom. The number of aryl methyl sites for hydroxylation is 1. The first-order chi connectivity index (χ1) is 7.15. The minimum absolute atomic E-state index is 0.352. The number of halogens is 2. The lowest BCUT2D eigenvalue weighted by atomic mass is 10.1. The molecular weight excluding hydrogens is 324 g/mol. The van der Waals surface area contributed by atoms with Crippen LogP contribution in [0.4, 0.5) is 0 Å². The van der Waals surface area contributed by atoms with Crippen molar-refractivity contribution >= 4 is 31.9 Å². The van der Waals surface area contributed by atoms with Crippen molar-refractivity contribution in [1.82, 2.24) is 0 Å². The molecule has 15 heavy (non-hydrogen) atoms. The zero-order valence-electron chi connectivity index (χ0n) is 8.85. The van der Waals surface area contributed by atoms with Crippen LogP contribution in [-0.4, -0.2) is 20.5 Å². The molecule has 0 spiro atoms. The van der Waals surface area contributed by atoms with Gasteiger partial charge in [0.2, 0.25) is 0 Å². The fourth-order valence-corrected chi connectivity index (χ4v) is 2.25. The minimum atomic E-state index is 0.352. The third-order valence-electron chi connectivity index (χ3n) is 2.04. The minimum Gasteiger partial charge on any atom is -0.359 e. The van der Waals surface area contributed by atoms with E-state index >= 15 is 0 Å². The van der Waals surface area contributed by atoms with E-state index in [0.29, 0.717) is 13.4 Å². The molecule has 0 N–H and O–H groups in total. The fraction of sp³-hybridized carbons (Fsp3) is 0.455. The molecule has 0 aliphatic heterocycles. The number of methoxy groups -OCH3 is 1. The first-order valence-electron chi connectivity index (χ1n) is 4.66.